The fourth-order valence-corrected chi connectivity index (χ4v) is 8.66. The molecule has 6 nitrogen and oxygen atoms in total. The van der Waals surface area contributed by atoms with E-state index in [1.165, 1.54) is 199 Å². The van der Waals surface area contributed by atoms with E-state index in [-0.39, 0.29) is 18.5 Å². The molecule has 0 fully saturated rings. The minimum absolute atomic E-state index is 0.0232. The number of amides is 1. The maximum Gasteiger partial charge on any atom is 0.305 e. The van der Waals surface area contributed by atoms with E-state index >= 15 is 0 Å². The maximum atomic E-state index is 12.5. The smallest absolute Gasteiger partial charge is 0.305 e. The highest BCUT2D eigenvalue weighted by molar-refractivity contribution is 5.76. The van der Waals surface area contributed by atoms with Gasteiger partial charge in [-0.15, -0.1) is 0 Å². The summed E-state index contributed by atoms with van der Waals surface area (Å²) in [5.41, 5.74) is 0. The van der Waals surface area contributed by atoms with Gasteiger partial charge in [0.25, 0.3) is 0 Å². The summed E-state index contributed by atoms with van der Waals surface area (Å²) in [7, 11) is 0. The number of nitrogens with one attached hydrogen (secondary N) is 1. The standard InChI is InChI=1S/C57H109NO5/c1-3-5-7-9-11-13-15-17-19-20-21-22-23-24-25-29-33-37-41-45-49-55(60)54(53-59)58-56(61)50-46-42-38-34-30-27-28-32-36-40-44-48-52-63-57(62)51-47-43-39-35-31-26-18-16-14-12-10-8-6-4-2/h10,12,16,18,54-55,59-60H,3-9,11,13-15,17,19-53H2,1-2H3,(H,58,61)/b12-10-,18-16-. The van der Waals surface area contributed by atoms with Crippen molar-refractivity contribution >= 4 is 11.9 Å². The summed E-state index contributed by atoms with van der Waals surface area (Å²) < 4.78 is 5.45. The average Bonchev–Trinajstić information content (AvgIpc) is 3.28. The van der Waals surface area contributed by atoms with Crippen molar-refractivity contribution in [2.24, 2.45) is 0 Å². The highest BCUT2D eigenvalue weighted by Crippen LogP contribution is 2.17. The molecule has 3 N–H and O–H groups in total. The second-order valence-corrected chi connectivity index (χ2v) is 19.3. The molecule has 0 saturated heterocycles. The van der Waals surface area contributed by atoms with Crippen LogP contribution in [-0.4, -0.2) is 47.4 Å². The Morgan fingerprint density at radius 2 is 0.810 bits per heavy atom. The number of rotatable bonds is 52. The van der Waals surface area contributed by atoms with Crippen LogP contribution in [0.5, 0.6) is 0 Å². The average molecular weight is 889 g/mol. The van der Waals surface area contributed by atoms with E-state index in [0.29, 0.717) is 25.9 Å². The largest absolute Gasteiger partial charge is 0.466 e. The number of carbonyl (C=O) groups is 2. The summed E-state index contributed by atoms with van der Waals surface area (Å²) in [4.78, 5) is 24.5. The van der Waals surface area contributed by atoms with Gasteiger partial charge in [0.1, 0.15) is 0 Å². The number of carbonyl (C=O) groups excluding carboxylic acids is 2. The lowest BCUT2D eigenvalue weighted by Crippen LogP contribution is -2.45. The van der Waals surface area contributed by atoms with Gasteiger partial charge in [-0.1, -0.05) is 263 Å². The van der Waals surface area contributed by atoms with Crippen molar-refractivity contribution in [3.05, 3.63) is 24.3 Å². The molecule has 0 aromatic rings. The van der Waals surface area contributed by atoms with Crippen LogP contribution in [0.25, 0.3) is 0 Å². The molecule has 0 aromatic carbocycles. The minimum Gasteiger partial charge on any atom is -0.466 e. The number of hydrogen-bond acceptors (Lipinski definition) is 5. The second kappa shape index (κ2) is 53.0. The van der Waals surface area contributed by atoms with E-state index in [0.717, 1.165) is 70.6 Å². The summed E-state index contributed by atoms with van der Waals surface area (Å²) in [6, 6.07) is -0.554. The molecule has 0 aliphatic carbocycles. The van der Waals surface area contributed by atoms with Crippen LogP contribution in [0.1, 0.15) is 303 Å². The van der Waals surface area contributed by atoms with Crippen LogP contribution in [0.2, 0.25) is 0 Å². The predicted octanol–water partition coefficient (Wildman–Crippen LogP) is 17.1. The zero-order valence-corrected chi connectivity index (χ0v) is 42.3. The molecule has 0 rings (SSSR count). The van der Waals surface area contributed by atoms with E-state index in [2.05, 4.69) is 43.5 Å². The Bertz CT molecular complexity index is 982. The van der Waals surface area contributed by atoms with Crippen LogP contribution < -0.4 is 5.32 Å². The summed E-state index contributed by atoms with van der Waals surface area (Å²) in [5, 5.41) is 23.3. The molecule has 0 heterocycles. The quantitative estimate of drug-likeness (QED) is 0.0321. The van der Waals surface area contributed by atoms with Crippen LogP contribution in [-0.2, 0) is 14.3 Å². The topological polar surface area (TPSA) is 95.9 Å². The van der Waals surface area contributed by atoms with Gasteiger partial charge in [0.05, 0.1) is 25.4 Å². The first kappa shape index (κ1) is 61.3. The summed E-state index contributed by atoms with van der Waals surface area (Å²) in [6.07, 6.45) is 63.0. The van der Waals surface area contributed by atoms with Crippen LogP contribution in [0.15, 0.2) is 24.3 Å². The number of unbranched alkanes of at least 4 members (excludes halogenated alkanes) is 37. The zero-order chi connectivity index (χ0) is 45.8. The molecule has 63 heavy (non-hydrogen) atoms. The van der Waals surface area contributed by atoms with Crippen molar-refractivity contribution in [2.75, 3.05) is 13.2 Å². The summed E-state index contributed by atoms with van der Waals surface area (Å²) in [5.74, 6) is -0.0723. The first-order valence-corrected chi connectivity index (χ1v) is 28.1. The number of aliphatic hydroxyl groups is 2. The van der Waals surface area contributed by atoms with E-state index in [9.17, 15) is 19.8 Å². The van der Waals surface area contributed by atoms with Gasteiger partial charge >= 0.3 is 5.97 Å². The van der Waals surface area contributed by atoms with Crippen LogP contribution in [0, 0.1) is 0 Å². The summed E-state index contributed by atoms with van der Waals surface area (Å²) >= 11 is 0. The highest BCUT2D eigenvalue weighted by Gasteiger charge is 2.20. The van der Waals surface area contributed by atoms with Gasteiger partial charge in [-0.2, -0.15) is 0 Å². The predicted molar refractivity (Wildman–Crippen MR) is 273 cm³/mol. The van der Waals surface area contributed by atoms with E-state index in [1.807, 2.05) is 0 Å². The summed E-state index contributed by atoms with van der Waals surface area (Å²) in [6.45, 7) is 4.89. The SMILES string of the molecule is CCCC/C=C\C/C=C\CCCCCCCC(=O)OCCCCCCCCCCCCCCC(=O)NC(CO)C(O)CCCCCCCCCCCCCCCCCCCCCC. The number of allylic oxidation sites excluding steroid dienone is 4. The van der Waals surface area contributed by atoms with Crippen molar-refractivity contribution < 1.29 is 24.5 Å². The molecule has 0 spiro atoms. The molecule has 2 atom stereocenters. The van der Waals surface area contributed by atoms with Crippen molar-refractivity contribution in [3.8, 4) is 0 Å². The van der Waals surface area contributed by atoms with E-state index in [1.54, 1.807) is 0 Å². The Kier molecular flexibility index (Phi) is 51.6. The fourth-order valence-electron chi connectivity index (χ4n) is 8.66. The van der Waals surface area contributed by atoms with E-state index < -0.39 is 12.1 Å². The van der Waals surface area contributed by atoms with Crippen LogP contribution in [0.4, 0.5) is 0 Å². The first-order valence-electron chi connectivity index (χ1n) is 28.1. The molecule has 2 unspecified atom stereocenters. The van der Waals surface area contributed by atoms with Gasteiger partial charge in [0, 0.05) is 12.8 Å². The normalized spacial score (nSPS) is 12.8. The Morgan fingerprint density at radius 1 is 0.444 bits per heavy atom. The zero-order valence-electron chi connectivity index (χ0n) is 42.3. The molecular formula is C57H109NO5. The van der Waals surface area contributed by atoms with Gasteiger partial charge in [0.15, 0.2) is 0 Å². The molecule has 1 amide bonds. The third-order valence-electron chi connectivity index (χ3n) is 13.0. The number of ether oxygens (including phenoxy) is 1. The number of hydrogen-bond donors (Lipinski definition) is 3. The van der Waals surface area contributed by atoms with Gasteiger partial charge < -0.3 is 20.3 Å². The Labute approximate surface area is 392 Å². The van der Waals surface area contributed by atoms with Crippen molar-refractivity contribution in [1.82, 2.24) is 5.32 Å². The van der Waals surface area contributed by atoms with Gasteiger partial charge in [-0.3, -0.25) is 9.59 Å². The molecule has 6 heteroatoms. The molecule has 0 aromatic heterocycles. The minimum atomic E-state index is -0.676. The lowest BCUT2D eigenvalue weighted by Gasteiger charge is -2.22. The monoisotopic (exact) mass is 888 g/mol. The maximum absolute atomic E-state index is 12.5. The molecular weight excluding hydrogens is 779 g/mol. The molecule has 0 aliphatic heterocycles. The van der Waals surface area contributed by atoms with Gasteiger partial charge in [-0.25, -0.2) is 0 Å². The molecule has 0 bridgehead atoms. The fraction of sp³-hybridized carbons (Fsp3) is 0.895. The van der Waals surface area contributed by atoms with E-state index in [4.69, 9.17) is 4.74 Å². The molecule has 0 saturated carbocycles. The first-order chi connectivity index (χ1) is 31.0. The third-order valence-corrected chi connectivity index (χ3v) is 13.0. The molecule has 372 valence electrons. The lowest BCUT2D eigenvalue weighted by atomic mass is 10.0. The molecule has 0 aliphatic rings. The molecule has 0 radical (unpaired) electrons. The van der Waals surface area contributed by atoms with Crippen LogP contribution >= 0.6 is 0 Å². The lowest BCUT2D eigenvalue weighted by molar-refractivity contribution is -0.143. The third kappa shape index (κ3) is 49.6. The number of esters is 1. The number of aliphatic hydroxyl groups excluding tert-OH is 2. The van der Waals surface area contributed by atoms with Crippen molar-refractivity contribution in [2.45, 2.75) is 315 Å². The Balaban J connectivity index is 3.47. The van der Waals surface area contributed by atoms with Crippen LogP contribution in [0.3, 0.4) is 0 Å². The Hall–Kier alpha value is -1.66. The van der Waals surface area contributed by atoms with Crippen molar-refractivity contribution in [1.29, 1.82) is 0 Å². The Morgan fingerprint density at radius 3 is 1.25 bits per heavy atom. The second-order valence-electron chi connectivity index (χ2n) is 19.3. The van der Waals surface area contributed by atoms with Crippen molar-refractivity contribution in [3.63, 3.8) is 0 Å². The highest BCUT2D eigenvalue weighted by atomic mass is 16.5. The van der Waals surface area contributed by atoms with Gasteiger partial charge in [-0.05, 0) is 51.4 Å². The van der Waals surface area contributed by atoms with Gasteiger partial charge in [0.2, 0.25) is 5.91 Å².